The van der Waals surface area contributed by atoms with E-state index >= 15 is 0 Å². The van der Waals surface area contributed by atoms with Gasteiger partial charge in [-0.05, 0) is 30.7 Å². The third kappa shape index (κ3) is 2.80. The van der Waals surface area contributed by atoms with Gasteiger partial charge in [0.1, 0.15) is 6.10 Å². The van der Waals surface area contributed by atoms with E-state index in [0.717, 1.165) is 25.1 Å². The van der Waals surface area contributed by atoms with Crippen molar-refractivity contribution in [2.75, 3.05) is 13.1 Å². The summed E-state index contributed by atoms with van der Waals surface area (Å²) in [6, 6.07) is 12.9. The van der Waals surface area contributed by atoms with E-state index in [-0.39, 0.29) is 12.0 Å². The first-order valence-electron chi connectivity index (χ1n) is 6.87. The number of hydrogen-bond donors (Lipinski definition) is 1. The summed E-state index contributed by atoms with van der Waals surface area (Å²) in [5.74, 6) is -0.00792. The Morgan fingerprint density at radius 1 is 1.20 bits per heavy atom. The molecule has 1 fully saturated rings. The molecule has 104 valence electrons. The number of benzene rings is 1. The second-order valence-corrected chi connectivity index (χ2v) is 4.99. The summed E-state index contributed by atoms with van der Waals surface area (Å²) < 4.78 is 19.6. The molecular formula is C16H17FN2O. The zero-order valence-corrected chi connectivity index (χ0v) is 11.1. The van der Waals surface area contributed by atoms with Crippen LogP contribution in [0.1, 0.15) is 18.1 Å². The van der Waals surface area contributed by atoms with Gasteiger partial charge in [-0.3, -0.25) is 0 Å². The van der Waals surface area contributed by atoms with Crippen LogP contribution in [0.4, 0.5) is 4.39 Å². The van der Waals surface area contributed by atoms with Crippen molar-refractivity contribution in [2.24, 2.45) is 5.92 Å². The van der Waals surface area contributed by atoms with Gasteiger partial charge in [-0.2, -0.15) is 0 Å². The first-order valence-corrected chi connectivity index (χ1v) is 6.87. The van der Waals surface area contributed by atoms with Gasteiger partial charge >= 0.3 is 0 Å². The number of nitrogens with zero attached hydrogens (tertiary/aromatic N) is 1. The molecule has 3 rings (SSSR count). The van der Waals surface area contributed by atoms with Gasteiger partial charge < -0.3 is 10.1 Å². The van der Waals surface area contributed by atoms with E-state index in [9.17, 15) is 4.39 Å². The topological polar surface area (TPSA) is 34.1 Å². The standard InChI is InChI=1S/C16H17FN2O/c17-14-7-4-9-19-16(14)20-15(13-8-10-18-11-13)12-5-2-1-3-6-12/h1-7,9,13,15,18H,8,10-11H2/t13-,15-/m0/s1. The van der Waals surface area contributed by atoms with E-state index in [1.54, 1.807) is 12.3 Å². The molecule has 1 N–H and O–H groups in total. The summed E-state index contributed by atoms with van der Waals surface area (Å²) >= 11 is 0. The van der Waals surface area contributed by atoms with Crippen LogP contribution in [0.25, 0.3) is 0 Å². The zero-order valence-electron chi connectivity index (χ0n) is 11.1. The maximum absolute atomic E-state index is 13.7. The molecule has 20 heavy (non-hydrogen) atoms. The van der Waals surface area contributed by atoms with Crippen LogP contribution in [0.5, 0.6) is 5.88 Å². The Morgan fingerprint density at radius 2 is 2.05 bits per heavy atom. The predicted octanol–water partition coefficient (Wildman–Crippen LogP) is 2.95. The Balaban J connectivity index is 1.88. The van der Waals surface area contributed by atoms with Crippen molar-refractivity contribution in [1.29, 1.82) is 0 Å². The largest absolute Gasteiger partial charge is 0.467 e. The average molecular weight is 272 g/mol. The molecule has 0 amide bonds. The quantitative estimate of drug-likeness (QED) is 0.929. The van der Waals surface area contributed by atoms with Crippen LogP contribution >= 0.6 is 0 Å². The minimum atomic E-state index is -0.417. The van der Waals surface area contributed by atoms with Gasteiger partial charge in [0.2, 0.25) is 0 Å². The maximum atomic E-state index is 13.7. The van der Waals surface area contributed by atoms with Crippen molar-refractivity contribution < 1.29 is 9.13 Å². The van der Waals surface area contributed by atoms with Gasteiger partial charge in [0.25, 0.3) is 5.88 Å². The van der Waals surface area contributed by atoms with Gasteiger partial charge in [-0.15, -0.1) is 0 Å². The van der Waals surface area contributed by atoms with E-state index in [4.69, 9.17) is 4.74 Å². The first kappa shape index (κ1) is 13.1. The highest BCUT2D eigenvalue weighted by Gasteiger charge is 2.28. The van der Waals surface area contributed by atoms with E-state index in [2.05, 4.69) is 10.3 Å². The van der Waals surface area contributed by atoms with Gasteiger partial charge in [-0.25, -0.2) is 9.37 Å². The fourth-order valence-electron chi connectivity index (χ4n) is 2.59. The van der Waals surface area contributed by atoms with Crippen molar-refractivity contribution in [2.45, 2.75) is 12.5 Å². The third-order valence-electron chi connectivity index (χ3n) is 3.62. The van der Waals surface area contributed by atoms with Crippen LogP contribution in [-0.2, 0) is 0 Å². The molecule has 2 atom stereocenters. The van der Waals surface area contributed by atoms with E-state index < -0.39 is 5.82 Å². The summed E-state index contributed by atoms with van der Waals surface area (Å²) in [7, 11) is 0. The van der Waals surface area contributed by atoms with Crippen LogP contribution in [0.2, 0.25) is 0 Å². The molecule has 4 heteroatoms. The third-order valence-corrected chi connectivity index (χ3v) is 3.62. The number of hydrogen-bond acceptors (Lipinski definition) is 3. The second-order valence-electron chi connectivity index (χ2n) is 4.99. The summed E-state index contributed by atoms with van der Waals surface area (Å²) in [5.41, 5.74) is 1.06. The fourth-order valence-corrected chi connectivity index (χ4v) is 2.59. The number of halogens is 1. The van der Waals surface area contributed by atoms with E-state index in [1.165, 1.54) is 6.07 Å². The van der Waals surface area contributed by atoms with Gasteiger partial charge in [-0.1, -0.05) is 30.3 Å². The first-order chi connectivity index (χ1) is 9.84. The summed E-state index contributed by atoms with van der Waals surface area (Å²) in [4.78, 5) is 4.00. The number of pyridine rings is 1. The molecule has 1 aliphatic rings. The van der Waals surface area contributed by atoms with Gasteiger partial charge in [0.05, 0.1) is 0 Å². The highest BCUT2D eigenvalue weighted by molar-refractivity contribution is 5.22. The van der Waals surface area contributed by atoms with E-state index in [1.807, 2.05) is 30.3 Å². The smallest absolute Gasteiger partial charge is 0.250 e. The molecule has 1 aromatic heterocycles. The predicted molar refractivity (Wildman–Crippen MR) is 75.0 cm³/mol. The number of nitrogens with one attached hydrogen (secondary N) is 1. The number of rotatable bonds is 4. The Morgan fingerprint density at radius 3 is 2.75 bits per heavy atom. The van der Waals surface area contributed by atoms with Crippen molar-refractivity contribution >= 4 is 0 Å². The summed E-state index contributed by atoms with van der Waals surface area (Å²) in [6.07, 6.45) is 2.40. The molecule has 3 nitrogen and oxygen atoms in total. The highest BCUT2D eigenvalue weighted by Crippen LogP contribution is 2.31. The lowest BCUT2D eigenvalue weighted by Gasteiger charge is -2.24. The molecule has 0 saturated carbocycles. The molecular weight excluding hydrogens is 255 g/mol. The van der Waals surface area contributed by atoms with Crippen LogP contribution in [-0.4, -0.2) is 18.1 Å². The minimum absolute atomic E-state index is 0.0771. The zero-order chi connectivity index (χ0) is 13.8. The van der Waals surface area contributed by atoms with Gasteiger partial charge in [0, 0.05) is 18.7 Å². The lowest BCUT2D eigenvalue weighted by molar-refractivity contribution is 0.131. The summed E-state index contributed by atoms with van der Waals surface area (Å²) in [5, 5.41) is 3.33. The van der Waals surface area contributed by atoms with Crippen molar-refractivity contribution in [3.63, 3.8) is 0 Å². The number of aromatic nitrogens is 1. The minimum Gasteiger partial charge on any atom is -0.467 e. The Kier molecular flexibility index (Phi) is 3.92. The molecule has 0 bridgehead atoms. The van der Waals surface area contributed by atoms with Crippen molar-refractivity contribution in [3.05, 3.63) is 60.0 Å². The maximum Gasteiger partial charge on any atom is 0.250 e. The molecule has 2 heterocycles. The van der Waals surface area contributed by atoms with Crippen molar-refractivity contribution in [3.8, 4) is 5.88 Å². The molecule has 0 spiro atoms. The number of ether oxygens (including phenoxy) is 1. The fraction of sp³-hybridized carbons (Fsp3) is 0.312. The van der Waals surface area contributed by atoms with Crippen LogP contribution in [0.3, 0.4) is 0 Å². The molecule has 1 aliphatic heterocycles. The molecule has 0 aliphatic carbocycles. The summed E-state index contributed by atoms with van der Waals surface area (Å²) in [6.45, 7) is 1.86. The van der Waals surface area contributed by atoms with Crippen LogP contribution in [0, 0.1) is 11.7 Å². The molecule has 0 radical (unpaired) electrons. The highest BCUT2D eigenvalue weighted by atomic mass is 19.1. The normalized spacial score (nSPS) is 19.8. The van der Waals surface area contributed by atoms with Crippen LogP contribution in [0.15, 0.2) is 48.7 Å². The molecule has 2 aromatic rings. The Labute approximate surface area is 117 Å². The molecule has 1 saturated heterocycles. The monoisotopic (exact) mass is 272 g/mol. The van der Waals surface area contributed by atoms with E-state index in [0.29, 0.717) is 5.92 Å². The lowest BCUT2D eigenvalue weighted by atomic mass is 9.95. The molecule has 1 aromatic carbocycles. The van der Waals surface area contributed by atoms with Crippen LogP contribution < -0.4 is 10.1 Å². The molecule has 0 unspecified atom stereocenters. The SMILES string of the molecule is Fc1cccnc1O[C@@H](c1ccccc1)[C@H]1CCNC1. The van der Waals surface area contributed by atoms with Crippen molar-refractivity contribution in [1.82, 2.24) is 10.3 Å². The average Bonchev–Trinajstić information content (AvgIpc) is 3.01. The lowest BCUT2D eigenvalue weighted by Crippen LogP contribution is -2.22. The second kappa shape index (κ2) is 6.01. The Bertz CT molecular complexity index is 555. The van der Waals surface area contributed by atoms with Gasteiger partial charge in [0.15, 0.2) is 5.82 Å². The Hall–Kier alpha value is -1.94.